The van der Waals surface area contributed by atoms with Gasteiger partial charge < -0.3 is 0 Å². The fourth-order valence-electron chi connectivity index (χ4n) is 2.83. The number of hydrogen-bond donors (Lipinski definition) is 1. The molecule has 0 spiro atoms. The van der Waals surface area contributed by atoms with Crippen molar-refractivity contribution in [3.05, 3.63) is 39.9 Å². The number of nitrogens with one attached hydrogen (secondary N) is 1. The van der Waals surface area contributed by atoms with Gasteiger partial charge in [-0.25, -0.2) is 5.01 Å². The number of benzene rings is 1. The van der Waals surface area contributed by atoms with E-state index in [0.29, 0.717) is 5.56 Å². The number of amides is 1. The largest absolute Gasteiger partial charge is 0.405 e. The minimum atomic E-state index is -4.50. The number of carbonyl (C=O) groups is 1. The summed E-state index contributed by atoms with van der Waals surface area (Å²) in [5.41, 5.74) is 1.81. The van der Waals surface area contributed by atoms with E-state index >= 15 is 0 Å². The lowest BCUT2D eigenvalue weighted by Gasteiger charge is -2.37. The van der Waals surface area contributed by atoms with Crippen molar-refractivity contribution in [3.63, 3.8) is 0 Å². The van der Waals surface area contributed by atoms with Gasteiger partial charge in [-0.3, -0.25) is 20.3 Å². The molecule has 0 radical (unpaired) electrons. The Morgan fingerprint density at radius 1 is 1.33 bits per heavy atom. The average molecular weight is 345 g/mol. The lowest BCUT2D eigenvalue weighted by molar-refractivity contribution is -0.384. The first kappa shape index (κ1) is 18.2. The van der Waals surface area contributed by atoms with Gasteiger partial charge in [-0.2, -0.15) is 13.2 Å². The van der Waals surface area contributed by atoms with Crippen LogP contribution in [0.3, 0.4) is 0 Å². The molecule has 9 heteroatoms. The van der Waals surface area contributed by atoms with Gasteiger partial charge in [0.1, 0.15) is 6.04 Å². The first-order chi connectivity index (χ1) is 11.0. The molecule has 6 nitrogen and oxygen atoms in total. The number of aryl methyl sites for hydroxylation is 1. The highest BCUT2D eigenvalue weighted by atomic mass is 19.4. The van der Waals surface area contributed by atoms with E-state index in [1.165, 1.54) is 24.3 Å². The fraction of sp³-hybridized carbons (Fsp3) is 0.533. The molecular formula is C15H18F3N3O3. The SMILES string of the molecule is CC1(C)CC(=O)NN1C(CCc1ccc([N+](=O)[O-])cc1)C(F)(F)F. The molecule has 24 heavy (non-hydrogen) atoms. The summed E-state index contributed by atoms with van der Waals surface area (Å²) in [5, 5.41) is 11.6. The number of nitro benzene ring substituents is 1. The molecule has 132 valence electrons. The molecule has 1 atom stereocenters. The molecule has 0 saturated carbocycles. The maximum atomic E-state index is 13.4. The van der Waals surface area contributed by atoms with Crippen molar-refractivity contribution < 1.29 is 22.9 Å². The third kappa shape index (κ3) is 4.02. The summed E-state index contributed by atoms with van der Waals surface area (Å²) in [4.78, 5) is 21.5. The zero-order valence-electron chi connectivity index (χ0n) is 13.3. The second-order valence-corrected chi connectivity index (χ2v) is 6.41. The van der Waals surface area contributed by atoms with Crippen molar-refractivity contribution in [1.82, 2.24) is 10.4 Å². The van der Waals surface area contributed by atoms with E-state index in [0.717, 1.165) is 5.01 Å². The zero-order valence-corrected chi connectivity index (χ0v) is 13.3. The van der Waals surface area contributed by atoms with Gasteiger partial charge in [0.15, 0.2) is 0 Å². The number of non-ortho nitro benzene ring substituents is 1. The normalized spacial score (nSPS) is 19.1. The van der Waals surface area contributed by atoms with Crippen LogP contribution in [0.5, 0.6) is 0 Å². The van der Waals surface area contributed by atoms with Crippen LogP contribution >= 0.6 is 0 Å². The number of halogens is 3. The van der Waals surface area contributed by atoms with E-state index in [4.69, 9.17) is 0 Å². The lowest BCUT2D eigenvalue weighted by atomic mass is 9.97. The van der Waals surface area contributed by atoms with Gasteiger partial charge >= 0.3 is 6.18 Å². The number of hydrogen-bond acceptors (Lipinski definition) is 4. The number of rotatable bonds is 5. The third-order valence-corrected chi connectivity index (χ3v) is 4.03. The Kier molecular flexibility index (Phi) is 4.84. The van der Waals surface area contributed by atoms with Gasteiger partial charge in [-0.05, 0) is 32.3 Å². The minimum absolute atomic E-state index is 0.00287. The van der Waals surface area contributed by atoms with Crippen LogP contribution in [0.25, 0.3) is 0 Å². The molecule has 1 aliphatic rings. The molecule has 1 aromatic carbocycles. The smallest absolute Gasteiger partial charge is 0.288 e. The van der Waals surface area contributed by atoms with Crippen molar-refractivity contribution in [2.45, 2.75) is 50.9 Å². The Morgan fingerprint density at radius 2 is 1.92 bits per heavy atom. The molecular weight excluding hydrogens is 327 g/mol. The van der Waals surface area contributed by atoms with Gasteiger partial charge in [0.05, 0.1) is 4.92 Å². The van der Waals surface area contributed by atoms with E-state index in [9.17, 15) is 28.1 Å². The highest BCUT2D eigenvalue weighted by molar-refractivity contribution is 5.78. The second-order valence-electron chi connectivity index (χ2n) is 6.41. The Morgan fingerprint density at radius 3 is 2.33 bits per heavy atom. The van der Waals surface area contributed by atoms with Crippen LogP contribution < -0.4 is 5.43 Å². The van der Waals surface area contributed by atoms with Gasteiger partial charge in [0.2, 0.25) is 5.91 Å². The quantitative estimate of drug-likeness (QED) is 0.658. The summed E-state index contributed by atoms with van der Waals surface area (Å²) in [5.74, 6) is -0.440. The number of nitro groups is 1. The number of hydrazine groups is 1. The molecule has 0 aliphatic carbocycles. The summed E-state index contributed by atoms with van der Waals surface area (Å²) in [6.07, 6.45) is -4.68. The molecule has 1 unspecified atom stereocenters. The topological polar surface area (TPSA) is 75.5 Å². The summed E-state index contributed by atoms with van der Waals surface area (Å²) in [6.45, 7) is 3.16. The van der Waals surface area contributed by atoms with Crippen molar-refractivity contribution in [2.24, 2.45) is 0 Å². The summed E-state index contributed by atoms with van der Waals surface area (Å²) in [7, 11) is 0. The fourth-order valence-corrected chi connectivity index (χ4v) is 2.83. The number of carbonyl (C=O) groups excluding carboxylic acids is 1. The molecule has 0 bridgehead atoms. The van der Waals surface area contributed by atoms with Crippen LogP contribution in [0, 0.1) is 10.1 Å². The van der Waals surface area contributed by atoms with Crippen LogP contribution in [0.15, 0.2) is 24.3 Å². The van der Waals surface area contributed by atoms with Crippen LogP contribution in [0.1, 0.15) is 32.3 Å². The van der Waals surface area contributed by atoms with E-state index in [1.54, 1.807) is 13.8 Å². The monoisotopic (exact) mass is 345 g/mol. The average Bonchev–Trinajstić information content (AvgIpc) is 2.71. The molecule has 1 amide bonds. The molecule has 1 fully saturated rings. The second kappa shape index (κ2) is 6.39. The Hall–Kier alpha value is -2.16. The minimum Gasteiger partial charge on any atom is -0.288 e. The summed E-state index contributed by atoms with van der Waals surface area (Å²) in [6, 6.07) is 3.59. The molecule has 1 N–H and O–H groups in total. The van der Waals surface area contributed by atoms with Crippen LogP contribution in [0.4, 0.5) is 18.9 Å². The third-order valence-electron chi connectivity index (χ3n) is 4.03. The van der Waals surface area contributed by atoms with Crippen molar-refractivity contribution in [3.8, 4) is 0 Å². The summed E-state index contributed by atoms with van der Waals surface area (Å²) < 4.78 is 40.3. The van der Waals surface area contributed by atoms with Crippen molar-refractivity contribution in [2.75, 3.05) is 0 Å². The first-order valence-corrected chi connectivity index (χ1v) is 7.39. The molecule has 1 saturated heterocycles. The maximum absolute atomic E-state index is 13.4. The lowest BCUT2D eigenvalue weighted by Crippen LogP contribution is -2.56. The molecule has 1 heterocycles. The highest BCUT2D eigenvalue weighted by Crippen LogP contribution is 2.35. The molecule has 1 aromatic rings. The van der Waals surface area contributed by atoms with Crippen LogP contribution in [0.2, 0.25) is 0 Å². The molecule has 2 rings (SSSR count). The number of nitrogens with zero attached hydrogens (tertiary/aromatic N) is 2. The van der Waals surface area contributed by atoms with Crippen LogP contribution in [-0.4, -0.2) is 33.6 Å². The van der Waals surface area contributed by atoms with Gasteiger partial charge in [0, 0.05) is 24.1 Å². The van der Waals surface area contributed by atoms with E-state index < -0.39 is 28.6 Å². The van der Waals surface area contributed by atoms with E-state index in [1.807, 2.05) is 0 Å². The van der Waals surface area contributed by atoms with E-state index in [2.05, 4.69) is 5.43 Å². The summed E-state index contributed by atoms with van der Waals surface area (Å²) >= 11 is 0. The first-order valence-electron chi connectivity index (χ1n) is 7.39. The number of alkyl halides is 3. The Balaban J connectivity index is 2.13. The van der Waals surface area contributed by atoms with Crippen LogP contribution in [-0.2, 0) is 11.2 Å². The molecule has 0 aromatic heterocycles. The Labute approximate surface area is 136 Å². The van der Waals surface area contributed by atoms with Gasteiger partial charge in [-0.1, -0.05) is 12.1 Å². The van der Waals surface area contributed by atoms with Gasteiger partial charge in [0.25, 0.3) is 5.69 Å². The van der Waals surface area contributed by atoms with Crippen molar-refractivity contribution >= 4 is 11.6 Å². The Bertz CT molecular complexity index is 629. The molecule has 1 aliphatic heterocycles. The van der Waals surface area contributed by atoms with Crippen molar-refractivity contribution in [1.29, 1.82) is 0 Å². The predicted molar refractivity (Wildman–Crippen MR) is 79.9 cm³/mol. The maximum Gasteiger partial charge on any atom is 0.405 e. The van der Waals surface area contributed by atoms with E-state index in [-0.39, 0.29) is 24.9 Å². The highest BCUT2D eigenvalue weighted by Gasteiger charge is 2.51. The zero-order chi connectivity index (χ0) is 18.1. The standard InChI is InChI=1S/C15H18F3N3O3/c1-14(2)9-13(22)19-20(14)12(15(16,17)18)8-5-10-3-6-11(7-4-10)21(23)24/h3-4,6-7,12H,5,8-9H2,1-2H3,(H,19,22). The van der Waals surface area contributed by atoms with Gasteiger partial charge in [-0.15, -0.1) is 0 Å². The predicted octanol–water partition coefficient (Wildman–Crippen LogP) is 2.97.